The first kappa shape index (κ1) is 9.97. The van der Waals surface area contributed by atoms with Crippen molar-refractivity contribution in [3.05, 3.63) is 0 Å². The van der Waals surface area contributed by atoms with Gasteiger partial charge in [0.25, 0.3) is 0 Å². The number of carbonyl (C=O) groups is 2. The second-order valence-corrected chi connectivity index (χ2v) is 4.14. The molecule has 0 bridgehead atoms. The molecule has 0 saturated carbocycles. The molecule has 2 rings (SSSR count). The average molecular weight is 207 g/mol. The van der Waals surface area contributed by atoms with E-state index in [9.17, 15) is 9.59 Å². The van der Waals surface area contributed by atoms with Crippen LogP contribution in [0.25, 0.3) is 0 Å². The van der Waals surface area contributed by atoms with Crippen molar-refractivity contribution in [2.24, 2.45) is 5.92 Å². The minimum absolute atomic E-state index is 0.00180. The van der Waals surface area contributed by atoms with Crippen LogP contribution in [-0.4, -0.2) is 47.8 Å². The molecule has 0 radical (unpaired) electrons. The van der Waals surface area contributed by atoms with Gasteiger partial charge in [0.1, 0.15) is 6.04 Å². The number of amides is 2. The van der Waals surface area contributed by atoms with Crippen molar-refractivity contribution in [1.82, 2.24) is 9.80 Å². The van der Waals surface area contributed by atoms with E-state index in [4.69, 9.17) is 5.26 Å². The zero-order chi connectivity index (χ0) is 11.0. The lowest BCUT2D eigenvalue weighted by atomic mass is 10.1. The van der Waals surface area contributed by atoms with E-state index in [0.717, 1.165) is 0 Å². The molecule has 2 fully saturated rings. The highest BCUT2D eigenvalue weighted by molar-refractivity contribution is 5.90. The van der Waals surface area contributed by atoms with Crippen LogP contribution in [0.3, 0.4) is 0 Å². The van der Waals surface area contributed by atoms with Crippen molar-refractivity contribution in [3.63, 3.8) is 0 Å². The summed E-state index contributed by atoms with van der Waals surface area (Å²) in [6.07, 6.45) is 0.962. The summed E-state index contributed by atoms with van der Waals surface area (Å²) in [5, 5.41) is 8.74. The van der Waals surface area contributed by atoms with Crippen LogP contribution in [-0.2, 0) is 9.59 Å². The Kier molecular flexibility index (Phi) is 2.35. The topological polar surface area (TPSA) is 64.4 Å². The first-order valence-electron chi connectivity index (χ1n) is 5.07. The molecular formula is C10H13N3O2. The van der Waals surface area contributed by atoms with Crippen molar-refractivity contribution in [3.8, 4) is 6.07 Å². The predicted molar refractivity (Wildman–Crippen MR) is 51.5 cm³/mol. The molecule has 2 aliphatic heterocycles. The minimum Gasteiger partial charge on any atom is -0.344 e. The first-order chi connectivity index (χ1) is 7.13. The number of nitrogens with zero attached hydrogens (tertiary/aromatic N) is 3. The van der Waals surface area contributed by atoms with Gasteiger partial charge in [-0.05, 0) is 6.42 Å². The third-order valence-corrected chi connectivity index (χ3v) is 3.12. The van der Waals surface area contributed by atoms with Crippen LogP contribution >= 0.6 is 0 Å². The molecular weight excluding hydrogens is 194 g/mol. The number of likely N-dealkylation sites (N-methyl/N-ethyl adjacent to an activating group) is 1. The molecule has 0 N–H and O–H groups in total. The standard InChI is InChI=1S/C10H13N3O2/c1-12-3-2-8(10(12)15)13-6-7(5-11)4-9(13)14/h7-8H,2-4,6H2,1H3. The summed E-state index contributed by atoms with van der Waals surface area (Å²) in [6.45, 7) is 1.12. The quantitative estimate of drug-likeness (QED) is 0.587. The summed E-state index contributed by atoms with van der Waals surface area (Å²) in [5.74, 6) is -0.298. The summed E-state index contributed by atoms with van der Waals surface area (Å²) in [7, 11) is 1.74. The fourth-order valence-corrected chi connectivity index (χ4v) is 2.21. The highest BCUT2D eigenvalue weighted by Crippen LogP contribution is 2.24. The van der Waals surface area contributed by atoms with E-state index in [1.807, 2.05) is 0 Å². The summed E-state index contributed by atoms with van der Waals surface area (Å²) in [5.41, 5.74) is 0. The summed E-state index contributed by atoms with van der Waals surface area (Å²) < 4.78 is 0. The van der Waals surface area contributed by atoms with Gasteiger partial charge in [-0.1, -0.05) is 0 Å². The van der Waals surface area contributed by atoms with Crippen LogP contribution in [0.15, 0.2) is 0 Å². The van der Waals surface area contributed by atoms with E-state index < -0.39 is 0 Å². The number of carbonyl (C=O) groups excluding carboxylic acids is 2. The highest BCUT2D eigenvalue weighted by atomic mass is 16.2. The van der Waals surface area contributed by atoms with Crippen molar-refractivity contribution in [2.45, 2.75) is 18.9 Å². The maximum absolute atomic E-state index is 11.7. The second-order valence-electron chi connectivity index (χ2n) is 4.14. The average Bonchev–Trinajstić information content (AvgIpc) is 2.73. The van der Waals surface area contributed by atoms with E-state index in [0.29, 0.717) is 19.5 Å². The number of hydrogen-bond acceptors (Lipinski definition) is 3. The molecule has 0 spiro atoms. The van der Waals surface area contributed by atoms with Gasteiger partial charge in [-0.25, -0.2) is 0 Å². The molecule has 0 aliphatic carbocycles. The van der Waals surface area contributed by atoms with Gasteiger partial charge < -0.3 is 9.80 Å². The maximum Gasteiger partial charge on any atom is 0.245 e. The Morgan fingerprint density at radius 1 is 1.47 bits per heavy atom. The Balaban J connectivity index is 2.10. The molecule has 0 aromatic rings. The Labute approximate surface area is 88.2 Å². The van der Waals surface area contributed by atoms with E-state index in [1.165, 1.54) is 0 Å². The zero-order valence-electron chi connectivity index (χ0n) is 8.64. The van der Waals surface area contributed by atoms with Gasteiger partial charge >= 0.3 is 0 Å². The van der Waals surface area contributed by atoms with Crippen LogP contribution in [0, 0.1) is 17.2 Å². The lowest BCUT2D eigenvalue weighted by Gasteiger charge is -2.22. The van der Waals surface area contributed by atoms with Crippen LogP contribution in [0.5, 0.6) is 0 Å². The molecule has 80 valence electrons. The summed E-state index contributed by atoms with van der Waals surface area (Å²) in [4.78, 5) is 26.5. The fourth-order valence-electron chi connectivity index (χ4n) is 2.21. The van der Waals surface area contributed by atoms with Crippen molar-refractivity contribution < 1.29 is 9.59 Å². The van der Waals surface area contributed by atoms with Gasteiger partial charge in [0.15, 0.2) is 0 Å². The number of likely N-dealkylation sites (tertiary alicyclic amines) is 2. The second kappa shape index (κ2) is 3.54. The van der Waals surface area contributed by atoms with Crippen molar-refractivity contribution in [1.29, 1.82) is 5.26 Å². The SMILES string of the molecule is CN1CCC(N2CC(C#N)CC2=O)C1=O. The fraction of sp³-hybridized carbons (Fsp3) is 0.700. The van der Waals surface area contributed by atoms with Gasteiger partial charge in [-0.15, -0.1) is 0 Å². The smallest absolute Gasteiger partial charge is 0.245 e. The van der Waals surface area contributed by atoms with Crippen molar-refractivity contribution >= 4 is 11.8 Å². The molecule has 2 heterocycles. The molecule has 5 heteroatoms. The summed E-state index contributed by atoms with van der Waals surface area (Å²) >= 11 is 0. The molecule has 0 aromatic carbocycles. The third kappa shape index (κ3) is 1.56. The Bertz CT molecular complexity index is 347. The largest absolute Gasteiger partial charge is 0.344 e. The predicted octanol–water partition coefficient (Wildman–Crippen LogP) is -0.411. The molecule has 2 atom stereocenters. The molecule has 2 aliphatic rings. The van der Waals surface area contributed by atoms with Gasteiger partial charge in [-0.2, -0.15) is 5.26 Å². The van der Waals surface area contributed by atoms with E-state index in [-0.39, 0.29) is 30.2 Å². The number of rotatable bonds is 1. The Morgan fingerprint density at radius 2 is 2.20 bits per heavy atom. The molecule has 0 aromatic heterocycles. The van der Waals surface area contributed by atoms with Crippen LogP contribution in [0.4, 0.5) is 0 Å². The molecule has 15 heavy (non-hydrogen) atoms. The van der Waals surface area contributed by atoms with Gasteiger partial charge in [0.2, 0.25) is 11.8 Å². The Morgan fingerprint density at radius 3 is 2.67 bits per heavy atom. The van der Waals surface area contributed by atoms with Gasteiger partial charge in [0.05, 0.1) is 12.0 Å². The van der Waals surface area contributed by atoms with Gasteiger partial charge in [0, 0.05) is 26.6 Å². The number of nitriles is 1. The van der Waals surface area contributed by atoms with Crippen molar-refractivity contribution in [2.75, 3.05) is 20.1 Å². The lowest BCUT2D eigenvalue weighted by molar-refractivity contribution is -0.138. The molecule has 2 saturated heterocycles. The van der Waals surface area contributed by atoms with Crippen LogP contribution in [0.1, 0.15) is 12.8 Å². The minimum atomic E-state index is -0.319. The molecule has 2 amide bonds. The molecule has 2 unspecified atom stereocenters. The zero-order valence-corrected chi connectivity index (χ0v) is 8.64. The van der Waals surface area contributed by atoms with Crippen LogP contribution in [0.2, 0.25) is 0 Å². The first-order valence-corrected chi connectivity index (χ1v) is 5.07. The lowest BCUT2D eigenvalue weighted by Crippen LogP contribution is -2.41. The Hall–Kier alpha value is -1.57. The monoisotopic (exact) mass is 207 g/mol. The third-order valence-electron chi connectivity index (χ3n) is 3.12. The molecule has 5 nitrogen and oxygen atoms in total. The van der Waals surface area contributed by atoms with Gasteiger partial charge in [-0.3, -0.25) is 9.59 Å². The van der Waals surface area contributed by atoms with E-state index in [1.54, 1.807) is 16.8 Å². The van der Waals surface area contributed by atoms with E-state index >= 15 is 0 Å². The van der Waals surface area contributed by atoms with E-state index in [2.05, 4.69) is 6.07 Å². The normalized spacial score (nSPS) is 31.2. The maximum atomic E-state index is 11.7. The van der Waals surface area contributed by atoms with Crippen LogP contribution < -0.4 is 0 Å². The summed E-state index contributed by atoms with van der Waals surface area (Å²) in [6, 6.07) is 1.77. The highest BCUT2D eigenvalue weighted by Gasteiger charge is 2.41. The number of hydrogen-bond donors (Lipinski definition) is 0.